The van der Waals surface area contributed by atoms with Gasteiger partial charge in [-0.1, -0.05) is 5.16 Å². The number of hydrogen-bond acceptors (Lipinski definition) is 4. The summed E-state index contributed by atoms with van der Waals surface area (Å²) in [4.78, 5) is 0. The van der Waals surface area contributed by atoms with Crippen LogP contribution >= 0.6 is 0 Å². The quantitative estimate of drug-likeness (QED) is 0.243. The van der Waals surface area contributed by atoms with E-state index in [2.05, 4.69) is 5.16 Å². The lowest BCUT2D eigenvalue weighted by Gasteiger charge is -2.16. The van der Waals surface area contributed by atoms with Gasteiger partial charge < -0.3 is 20.4 Å². The molecule has 0 saturated carbocycles. The summed E-state index contributed by atoms with van der Waals surface area (Å²) in [7, 11) is 0. The molecular formula is C6H12N2O3. The Morgan fingerprint density at radius 1 is 1.73 bits per heavy atom. The van der Waals surface area contributed by atoms with Gasteiger partial charge in [-0.3, -0.25) is 0 Å². The second kappa shape index (κ2) is 2.67. The van der Waals surface area contributed by atoms with Gasteiger partial charge in [-0.05, 0) is 13.8 Å². The molecule has 1 aliphatic heterocycles. The van der Waals surface area contributed by atoms with Crippen molar-refractivity contribution in [1.82, 2.24) is 0 Å². The number of oxime groups is 1. The second-order valence-electron chi connectivity index (χ2n) is 2.84. The molecule has 1 atom stereocenters. The highest BCUT2D eigenvalue weighted by Gasteiger charge is 2.34. The van der Waals surface area contributed by atoms with Crippen LogP contribution in [0.15, 0.2) is 5.16 Å². The highest BCUT2D eigenvalue weighted by atomic mass is 16.7. The summed E-state index contributed by atoms with van der Waals surface area (Å²) in [5.41, 5.74) is 5.29. The van der Waals surface area contributed by atoms with Crippen LogP contribution in [0.2, 0.25) is 0 Å². The third-order valence-electron chi connectivity index (χ3n) is 1.45. The first-order chi connectivity index (χ1) is 5.05. The van der Waals surface area contributed by atoms with Crippen LogP contribution < -0.4 is 5.73 Å². The Kier molecular flexibility index (Phi) is 2.01. The van der Waals surface area contributed by atoms with Crippen molar-refractivity contribution in [3.63, 3.8) is 0 Å². The van der Waals surface area contributed by atoms with E-state index < -0.39 is 11.9 Å². The lowest BCUT2D eigenvalue weighted by molar-refractivity contribution is -0.131. The Morgan fingerprint density at radius 3 is 2.73 bits per heavy atom. The third-order valence-corrected chi connectivity index (χ3v) is 1.45. The van der Waals surface area contributed by atoms with Crippen molar-refractivity contribution in [1.29, 1.82) is 0 Å². The average Bonchev–Trinajstić information content (AvgIpc) is 2.29. The molecule has 0 bridgehead atoms. The molecule has 0 aromatic carbocycles. The van der Waals surface area contributed by atoms with Crippen LogP contribution in [0.1, 0.15) is 13.8 Å². The van der Waals surface area contributed by atoms with Gasteiger partial charge >= 0.3 is 0 Å². The van der Waals surface area contributed by atoms with Gasteiger partial charge in [-0.25, -0.2) is 0 Å². The van der Waals surface area contributed by atoms with Gasteiger partial charge in [-0.2, -0.15) is 0 Å². The summed E-state index contributed by atoms with van der Waals surface area (Å²) < 4.78 is 10.4. The molecule has 1 saturated heterocycles. The van der Waals surface area contributed by atoms with Crippen molar-refractivity contribution in [3.8, 4) is 0 Å². The minimum atomic E-state index is -0.625. The number of hydrogen-bond donors (Lipinski definition) is 2. The molecule has 1 heterocycles. The Hall–Kier alpha value is -0.810. The van der Waals surface area contributed by atoms with E-state index in [1.165, 1.54) is 0 Å². The van der Waals surface area contributed by atoms with Gasteiger partial charge in [0.2, 0.25) is 0 Å². The lowest BCUT2D eigenvalue weighted by atomic mass is 10.3. The SMILES string of the molecule is CC1(C)OC[C@H](/C(N)=N/O)O1. The number of amidine groups is 1. The van der Waals surface area contributed by atoms with E-state index in [0.717, 1.165) is 0 Å². The monoisotopic (exact) mass is 160 g/mol. The molecule has 64 valence electrons. The van der Waals surface area contributed by atoms with Gasteiger partial charge in [0, 0.05) is 0 Å². The Bertz CT molecular complexity index is 179. The van der Waals surface area contributed by atoms with E-state index in [1.54, 1.807) is 13.8 Å². The summed E-state index contributed by atoms with van der Waals surface area (Å²) in [6, 6.07) is 0. The molecule has 0 amide bonds. The molecule has 1 aliphatic rings. The summed E-state index contributed by atoms with van der Waals surface area (Å²) in [5, 5.41) is 11.1. The maximum atomic E-state index is 8.29. The Balaban J connectivity index is 2.55. The van der Waals surface area contributed by atoms with Gasteiger partial charge in [0.15, 0.2) is 11.6 Å². The van der Waals surface area contributed by atoms with E-state index in [9.17, 15) is 0 Å². The highest BCUT2D eigenvalue weighted by molar-refractivity contribution is 5.84. The Labute approximate surface area is 64.8 Å². The van der Waals surface area contributed by atoms with Gasteiger partial charge in [0.25, 0.3) is 0 Å². The highest BCUT2D eigenvalue weighted by Crippen LogP contribution is 2.21. The second-order valence-corrected chi connectivity index (χ2v) is 2.84. The Morgan fingerprint density at radius 2 is 2.36 bits per heavy atom. The molecule has 0 aliphatic carbocycles. The number of rotatable bonds is 1. The van der Waals surface area contributed by atoms with Crippen molar-refractivity contribution < 1.29 is 14.7 Å². The number of nitrogens with zero attached hydrogens (tertiary/aromatic N) is 1. The molecule has 0 unspecified atom stereocenters. The molecule has 1 rings (SSSR count). The van der Waals surface area contributed by atoms with Crippen molar-refractivity contribution >= 4 is 5.84 Å². The molecule has 0 aromatic heterocycles. The minimum absolute atomic E-state index is 0.0515. The molecule has 1 fully saturated rings. The zero-order valence-electron chi connectivity index (χ0n) is 6.57. The van der Waals surface area contributed by atoms with Crippen molar-refractivity contribution in [2.24, 2.45) is 10.9 Å². The summed E-state index contributed by atoms with van der Waals surface area (Å²) >= 11 is 0. The lowest BCUT2D eigenvalue weighted by Crippen LogP contribution is -2.32. The smallest absolute Gasteiger partial charge is 0.170 e. The predicted octanol–water partition coefficient (Wildman–Crippen LogP) is -0.116. The molecule has 5 heteroatoms. The first kappa shape index (κ1) is 8.29. The van der Waals surface area contributed by atoms with Crippen molar-refractivity contribution in [2.45, 2.75) is 25.7 Å². The summed E-state index contributed by atoms with van der Waals surface area (Å²) in [6.45, 7) is 3.89. The van der Waals surface area contributed by atoms with Crippen LogP contribution in [0.4, 0.5) is 0 Å². The molecule has 0 radical (unpaired) electrons. The van der Waals surface area contributed by atoms with Gasteiger partial charge in [0.05, 0.1) is 6.61 Å². The maximum absolute atomic E-state index is 8.29. The fourth-order valence-electron chi connectivity index (χ4n) is 0.897. The fourth-order valence-corrected chi connectivity index (χ4v) is 0.897. The first-order valence-corrected chi connectivity index (χ1v) is 3.34. The van der Waals surface area contributed by atoms with Gasteiger partial charge in [-0.15, -0.1) is 0 Å². The molecule has 11 heavy (non-hydrogen) atoms. The van der Waals surface area contributed by atoms with Crippen LogP contribution in [0.5, 0.6) is 0 Å². The average molecular weight is 160 g/mol. The maximum Gasteiger partial charge on any atom is 0.170 e. The minimum Gasteiger partial charge on any atom is -0.409 e. The molecule has 0 spiro atoms. The van der Waals surface area contributed by atoms with E-state index in [0.29, 0.717) is 6.61 Å². The largest absolute Gasteiger partial charge is 0.409 e. The topological polar surface area (TPSA) is 77.1 Å². The van der Waals surface area contributed by atoms with E-state index >= 15 is 0 Å². The van der Waals surface area contributed by atoms with Gasteiger partial charge in [0.1, 0.15) is 6.10 Å². The zero-order valence-corrected chi connectivity index (χ0v) is 6.57. The zero-order chi connectivity index (χ0) is 8.48. The van der Waals surface area contributed by atoms with Crippen LogP contribution in [0.3, 0.4) is 0 Å². The standard InChI is InChI=1S/C6H12N2O3/c1-6(2)10-3-4(11-6)5(7)8-9/h4,9H,3H2,1-2H3,(H2,7,8)/t4-/m1/s1. The van der Waals surface area contributed by atoms with Crippen LogP contribution in [0.25, 0.3) is 0 Å². The van der Waals surface area contributed by atoms with E-state index in [1.807, 2.05) is 0 Å². The first-order valence-electron chi connectivity index (χ1n) is 3.34. The predicted molar refractivity (Wildman–Crippen MR) is 38.3 cm³/mol. The molecular weight excluding hydrogens is 148 g/mol. The number of nitrogens with two attached hydrogens (primary N) is 1. The van der Waals surface area contributed by atoms with Crippen molar-refractivity contribution in [3.05, 3.63) is 0 Å². The van der Waals surface area contributed by atoms with E-state index in [-0.39, 0.29) is 5.84 Å². The van der Waals surface area contributed by atoms with Crippen LogP contribution in [0, 0.1) is 0 Å². The molecule has 3 N–H and O–H groups in total. The molecule has 5 nitrogen and oxygen atoms in total. The fraction of sp³-hybridized carbons (Fsp3) is 0.833. The third kappa shape index (κ3) is 1.81. The number of ether oxygens (including phenoxy) is 2. The van der Waals surface area contributed by atoms with E-state index in [4.69, 9.17) is 20.4 Å². The normalized spacial score (nSPS) is 30.7. The summed E-state index contributed by atoms with van der Waals surface area (Å²) in [5.74, 6) is -0.574. The summed E-state index contributed by atoms with van der Waals surface area (Å²) in [6.07, 6.45) is -0.421. The van der Waals surface area contributed by atoms with Crippen LogP contribution in [-0.4, -0.2) is 29.5 Å². The van der Waals surface area contributed by atoms with Crippen LogP contribution in [-0.2, 0) is 9.47 Å². The molecule has 0 aromatic rings. The van der Waals surface area contributed by atoms with Crippen molar-refractivity contribution in [2.75, 3.05) is 6.61 Å².